The number of nitrogens with zero attached hydrogens (tertiary/aromatic N) is 1. The predicted octanol–water partition coefficient (Wildman–Crippen LogP) is 2.16. The molecule has 2 rings (SSSR count). The fourth-order valence-corrected chi connectivity index (χ4v) is 1.40. The Labute approximate surface area is 102 Å². The molecule has 0 aliphatic carbocycles. The maximum Gasteiger partial charge on any atom is 0.202 e. The molecular weight excluding hydrogens is 240 g/mol. The van der Waals surface area contributed by atoms with Gasteiger partial charge < -0.3 is 15.7 Å². The number of pyridine rings is 1. The first kappa shape index (κ1) is 12.3. The summed E-state index contributed by atoms with van der Waals surface area (Å²) in [5.74, 6) is -1.45. The number of halogens is 2. The van der Waals surface area contributed by atoms with Crippen LogP contribution in [0.1, 0.15) is 0 Å². The zero-order valence-electron chi connectivity index (χ0n) is 9.27. The fraction of sp³-hybridized carbons (Fsp3) is 0.0833. The first-order chi connectivity index (χ1) is 8.65. The summed E-state index contributed by atoms with van der Waals surface area (Å²) in [5, 5.41) is 14.8. The van der Waals surface area contributed by atoms with E-state index >= 15 is 0 Å². The minimum absolute atomic E-state index is 0.000269. The SMILES string of the molecule is OC(Nc1cccnc1)Nc1ccc(F)cc1F. The molecule has 1 atom stereocenters. The maximum atomic E-state index is 13.3. The van der Waals surface area contributed by atoms with Crippen LogP contribution in [0.2, 0.25) is 0 Å². The van der Waals surface area contributed by atoms with Crippen LogP contribution in [0.15, 0.2) is 42.7 Å². The van der Waals surface area contributed by atoms with Crippen LogP contribution in [0, 0.1) is 11.6 Å². The largest absolute Gasteiger partial charge is 0.357 e. The van der Waals surface area contributed by atoms with E-state index in [2.05, 4.69) is 15.6 Å². The highest BCUT2D eigenvalue weighted by Crippen LogP contribution is 2.16. The van der Waals surface area contributed by atoms with Crippen LogP contribution < -0.4 is 10.6 Å². The first-order valence-electron chi connectivity index (χ1n) is 5.21. The molecule has 6 heteroatoms. The van der Waals surface area contributed by atoms with Gasteiger partial charge in [0.25, 0.3) is 0 Å². The van der Waals surface area contributed by atoms with Crippen LogP contribution >= 0.6 is 0 Å². The molecule has 0 spiro atoms. The quantitative estimate of drug-likeness (QED) is 0.729. The molecule has 0 bridgehead atoms. The molecule has 0 saturated carbocycles. The molecule has 1 heterocycles. The summed E-state index contributed by atoms with van der Waals surface area (Å²) in [5.41, 5.74) is 0.570. The van der Waals surface area contributed by atoms with Crippen LogP contribution in [-0.4, -0.2) is 16.4 Å². The van der Waals surface area contributed by atoms with Crippen molar-refractivity contribution >= 4 is 11.4 Å². The van der Waals surface area contributed by atoms with Gasteiger partial charge in [0, 0.05) is 12.3 Å². The molecular formula is C12H11F2N3O. The number of anilines is 2. The highest BCUT2D eigenvalue weighted by atomic mass is 19.1. The fourth-order valence-electron chi connectivity index (χ4n) is 1.40. The molecule has 0 radical (unpaired) electrons. The maximum absolute atomic E-state index is 13.3. The standard InChI is InChI=1S/C12H11F2N3O/c13-8-3-4-11(10(14)6-8)17-12(18)16-9-2-1-5-15-7-9/h1-7,12,16-18H. The van der Waals surface area contributed by atoms with Gasteiger partial charge in [-0.25, -0.2) is 8.78 Å². The van der Waals surface area contributed by atoms with E-state index in [1.807, 2.05) is 0 Å². The zero-order valence-corrected chi connectivity index (χ0v) is 9.27. The van der Waals surface area contributed by atoms with Gasteiger partial charge in [0.05, 0.1) is 17.6 Å². The van der Waals surface area contributed by atoms with E-state index in [1.54, 1.807) is 18.3 Å². The lowest BCUT2D eigenvalue weighted by Gasteiger charge is -2.16. The molecule has 3 N–H and O–H groups in total. The second-order valence-electron chi connectivity index (χ2n) is 3.56. The van der Waals surface area contributed by atoms with Crippen molar-refractivity contribution in [2.24, 2.45) is 0 Å². The Morgan fingerprint density at radius 2 is 2.00 bits per heavy atom. The van der Waals surface area contributed by atoms with Gasteiger partial charge in [0.2, 0.25) is 6.35 Å². The Balaban J connectivity index is 2.01. The van der Waals surface area contributed by atoms with Gasteiger partial charge in [0.1, 0.15) is 11.6 Å². The van der Waals surface area contributed by atoms with E-state index in [-0.39, 0.29) is 5.69 Å². The summed E-state index contributed by atoms with van der Waals surface area (Å²) in [4.78, 5) is 3.85. The van der Waals surface area contributed by atoms with E-state index in [1.165, 1.54) is 12.3 Å². The van der Waals surface area contributed by atoms with Crippen molar-refractivity contribution in [2.45, 2.75) is 6.35 Å². The number of nitrogens with one attached hydrogen (secondary N) is 2. The molecule has 0 aliphatic heterocycles. The Bertz CT molecular complexity index is 522. The molecule has 1 aromatic heterocycles. The summed E-state index contributed by atoms with van der Waals surface area (Å²) in [7, 11) is 0. The van der Waals surface area contributed by atoms with Crippen molar-refractivity contribution in [1.82, 2.24) is 4.98 Å². The van der Waals surface area contributed by atoms with Gasteiger partial charge in [-0.05, 0) is 24.3 Å². The topological polar surface area (TPSA) is 57.2 Å². The van der Waals surface area contributed by atoms with Crippen molar-refractivity contribution in [3.8, 4) is 0 Å². The van der Waals surface area contributed by atoms with Crippen molar-refractivity contribution < 1.29 is 13.9 Å². The van der Waals surface area contributed by atoms with Crippen LogP contribution in [-0.2, 0) is 0 Å². The number of aromatic nitrogens is 1. The molecule has 0 saturated heterocycles. The summed E-state index contributed by atoms with van der Waals surface area (Å²) >= 11 is 0. The Kier molecular flexibility index (Phi) is 3.69. The van der Waals surface area contributed by atoms with E-state index < -0.39 is 18.0 Å². The molecule has 0 fully saturated rings. The molecule has 1 aromatic carbocycles. The van der Waals surface area contributed by atoms with Gasteiger partial charge in [0.15, 0.2) is 0 Å². The molecule has 2 aromatic rings. The Morgan fingerprint density at radius 1 is 1.17 bits per heavy atom. The summed E-state index contributed by atoms with van der Waals surface area (Å²) in [6.07, 6.45) is 1.88. The monoisotopic (exact) mass is 251 g/mol. The Morgan fingerprint density at radius 3 is 2.67 bits per heavy atom. The average Bonchev–Trinajstić information content (AvgIpc) is 2.34. The number of aliphatic hydroxyl groups excluding tert-OH is 1. The molecule has 18 heavy (non-hydrogen) atoms. The van der Waals surface area contributed by atoms with Crippen molar-refractivity contribution in [3.05, 3.63) is 54.4 Å². The minimum Gasteiger partial charge on any atom is -0.357 e. The van der Waals surface area contributed by atoms with Crippen LogP contribution in [0.5, 0.6) is 0 Å². The summed E-state index contributed by atoms with van der Waals surface area (Å²) < 4.78 is 26.0. The lowest BCUT2D eigenvalue weighted by molar-refractivity contribution is 0.232. The van der Waals surface area contributed by atoms with Gasteiger partial charge in [-0.1, -0.05) is 0 Å². The molecule has 94 valence electrons. The Hall–Kier alpha value is -2.21. The second kappa shape index (κ2) is 5.42. The molecule has 4 nitrogen and oxygen atoms in total. The first-order valence-corrected chi connectivity index (χ1v) is 5.21. The highest BCUT2D eigenvalue weighted by Gasteiger charge is 2.08. The van der Waals surface area contributed by atoms with E-state index in [4.69, 9.17) is 0 Å². The van der Waals surface area contributed by atoms with E-state index in [0.29, 0.717) is 5.69 Å². The normalized spacial score (nSPS) is 11.9. The third kappa shape index (κ3) is 3.14. The van der Waals surface area contributed by atoms with Crippen molar-refractivity contribution in [1.29, 1.82) is 0 Å². The lowest BCUT2D eigenvalue weighted by Crippen LogP contribution is -2.28. The number of benzene rings is 1. The van der Waals surface area contributed by atoms with Gasteiger partial charge in [-0.2, -0.15) is 0 Å². The van der Waals surface area contributed by atoms with E-state index in [9.17, 15) is 13.9 Å². The third-order valence-electron chi connectivity index (χ3n) is 2.19. The van der Waals surface area contributed by atoms with Crippen molar-refractivity contribution in [3.63, 3.8) is 0 Å². The minimum atomic E-state index is -1.21. The smallest absolute Gasteiger partial charge is 0.202 e. The number of rotatable bonds is 4. The van der Waals surface area contributed by atoms with Crippen LogP contribution in [0.3, 0.4) is 0 Å². The van der Waals surface area contributed by atoms with Crippen LogP contribution in [0.25, 0.3) is 0 Å². The zero-order chi connectivity index (χ0) is 13.0. The second-order valence-corrected chi connectivity index (χ2v) is 3.56. The number of hydrogen-bond acceptors (Lipinski definition) is 4. The average molecular weight is 251 g/mol. The van der Waals surface area contributed by atoms with E-state index in [0.717, 1.165) is 12.1 Å². The van der Waals surface area contributed by atoms with Gasteiger partial charge >= 0.3 is 0 Å². The van der Waals surface area contributed by atoms with Crippen LogP contribution in [0.4, 0.5) is 20.2 Å². The molecule has 0 aliphatic rings. The summed E-state index contributed by atoms with van der Waals surface area (Å²) in [6, 6.07) is 6.42. The third-order valence-corrected chi connectivity index (χ3v) is 2.19. The molecule has 1 unspecified atom stereocenters. The van der Waals surface area contributed by atoms with Gasteiger partial charge in [-0.3, -0.25) is 4.98 Å². The summed E-state index contributed by atoms with van der Waals surface area (Å²) in [6.45, 7) is 0. The highest BCUT2D eigenvalue weighted by molar-refractivity contribution is 5.48. The number of hydrogen-bond donors (Lipinski definition) is 3. The number of aliphatic hydroxyl groups is 1. The van der Waals surface area contributed by atoms with Crippen molar-refractivity contribution in [2.75, 3.05) is 10.6 Å². The predicted molar refractivity (Wildman–Crippen MR) is 63.8 cm³/mol. The van der Waals surface area contributed by atoms with Gasteiger partial charge in [-0.15, -0.1) is 0 Å². The molecule has 0 amide bonds. The lowest BCUT2D eigenvalue weighted by atomic mass is 10.3.